The second kappa shape index (κ2) is 5.69. The van der Waals surface area contributed by atoms with Crippen molar-refractivity contribution < 1.29 is 9.53 Å². The summed E-state index contributed by atoms with van der Waals surface area (Å²) in [4.78, 5) is 11.5. The van der Waals surface area contributed by atoms with Crippen molar-refractivity contribution in [2.24, 2.45) is 5.92 Å². The van der Waals surface area contributed by atoms with Gasteiger partial charge in [-0.2, -0.15) is 0 Å². The molecule has 1 aromatic rings. The number of methoxy groups -OCH3 is 1. The fourth-order valence-electron chi connectivity index (χ4n) is 1.67. The summed E-state index contributed by atoms with van der Waals surface area (Å²) in [6, 6.07) is 6.03. The first-order valence-corrected chi connectivity index (χ1v) is 5.76. The van der Waals surface area contributed by atoms with E-state index in [9.17, 15) is 4.79 Å². The standard InChI is InChI=1S/C14H20O2/c1-5-10(2)8-12-7-6-11(3)13(9-12)14(15)16-4/h6-7,9-10H,5,8H2,1-4H3. The van der Waals surface area contributed by atoms with Gasteiger partial charge in [0.2, 0.25) is 0 Å². The Morgan fingerprint density at radius 2 is 2.12 bits per heavy atom. The van der Waals surface area contributed by atoms with Gasteiger partial charge >= 0.3 is 5.97 Å². The Morgan fingerprint density at radius 1 is 1.44 bits per heavy atom. The van der Waals surface area contributed by atoms with Gasteiger partial charge in [0, 0.05) is 0 Å². The fourth-order valence-corrected chi connectivity index (χ4v) is 1.67. The van der Waals surface area contributed by atoms with E-state index in [0.29, 0.717) is 11.5 Å². The van der Waals surface area contributed by atoms with Gasteiger partial charge in [-0.3, -0.25) is 0 Å². The maximum atomic E-state index is 11.5. The summed E-state index contributed by atoms with van der Waals surface area (Å²) in [6.07, 6.45) is 2.17. The van der Waals surface area contributed by atoms with Gasteiger partial charge in [0.05, 0.1) is 12.7 Å². The second-order valence-corrected chi connectivity index (χ2v) is 4.36. The van der Waals surface area contributed by atoms with E-state index in [-0.39, 0.29) is 5.97 Å². The van der Waals surface area contributed by atoms with Gasteiger partial charge in [-0.1, -0.05) is 32.4 Å². The second-order valence-electron chi connectivity index (χ2n) is 4.36. The molecule has 0 spiro atoms. The molecule has 0 aliphatic carbocycles. The van der Waals surface area contributed by atoms with E-state index in [0.717, 1.165) is 18.4 Å². The molecule has 1 aromatic carbocycles. The zero-order chi connectivity index (χ0) is 12.1. The van der Waals surface area contributed by atoms with Gasteiger partial charge in [0.1, 0.15) is 0 Å². The molecule has 0 aliphatic rings. The molecule has 0 saturated heterocycles. The van der Waals surface area contributed by atoms with Gasteiger partial charge in [-0.25, -0.2) is 4.79 Å². The van der Waals surface area contributed by atoms with Crippen molar-refractivity contribution in [2.75, 3.05) is 7.11 Å². The van der Waals surface area contributed by atoms with E-state index < -0.39 is 0 Å². The fraction of sp³-hybridized carbons (Fsp3) is 0.500. The smallest absolute Gasteiger partial charge is 0.338 e. The minimum atomic E-state index is -0.247. The molecule has 2 heteroatoms. The van der Waals surface area contributed by atoms with E-state index in [1.54, 1.807) is 0 Å². The summed E-state index contributed by atoms with van der Waals surface area (Å²) in [7, 11) is 1.42. The minimum absolute atomic E-state index is 0.247. The van der Waals surface area contributed by atoms with Crippen LogP contribution in [-0.2, 0) is 11.2 Å². The summed E-state index contributed by atoms with van der Waals surface area (Å²) in [5, 5.41) is 0. The average Bonchev–Trinajstić information content (AvgIpc) is 2.30. The molecule has 0 amide bonds. The Bertz CT molecular complexity index is 369. The molecule has 0 aliphatic heterocycles. The van der Waals surface area contributed by atoms with Crippen LogP contribution in [0.2, 0.25) is 0 Å². The van der Waals surface area contributed by atoms with E-state index >= 15 is 0 Å². The molecule has 2 nitrogen and oxygen atoms in total. The number of carbonyl (C=O) groups is 1. The van der Waals surface area contributed by atoms with Crippen LogP contribution in [0.3, 0.4) is 0 Å². The predicted molar refractivity (Wildman–Crippen MR) is 65.7 cm³/mol. The third-order valence-electron chi connectivity index (χ3n) is 2.99. The van der Waals surface area contributed by atoms with Gasteiger partial charge in [0.25, 0.3) is 0 Å². The zero-order valence-corrected chi connectivity index (χ0v) is 10.5. The minimum Gasteiger partial charge on any atom is -0.465 e. The van der Waals surface area contributed by atoms with Crippen LogP contribution in [0.15, 0.2) is 18.2 Å². The summed E-state index contributed by atoms with van der Waals surface area (Å²) in [5.74, 6) is 0.400. The molecule has 0 N–H and O–H groups in total. The topological polar surface area (TPSA) is 26.3 Å². The first-order chi connectivity index (χ1) is 7.58. The lowest BCUT2D eigenvalue weighted by Crippen LogP contribution is -2.06. The summed E-state index contributed by atoms with van der Waals surface area (Å²) in [5.41, 5.74) is 2.86. The number of hydrogen-bond donors (Lipinski definition) is 0. The monoisotopic (exact) mass is 220 g/mol. The first kappa shape index (κ1) is 12.8. The van der Waals surface area contributed by atoms with E-state index in [2.05, 4.69) is 19.9 Å². The summed E-state index contributed by atoms with van der Waals surface area (Å²) >= 11 is 0. The van der Waals surface area contributed by atoms with Gasteiger partial charge in [-0.05, 0) is 36.5 Å². The molecule has 0 saturated carbocycles. The number of aryl methyl sites for hydroxylation is 1. The van der Waals surface area contributed by atoms with Crippen LogP contribution >= 0.6 is 0 Å². The third-order valence-corrected chi connectivity index (χ3v) is 2.99. The number of carbonyl (C=O) groups excluding carboxylic acids is 1. The summed E-state index contributed by atoms with van der Waals surface area (Å²) in [6.45, 7) is 6.33. The van der Waals surface area contributed by atoms with Crippen LogP contribution in [0.25, 0.3) is 0 Å². The van der Waals surface area contributed by atoms with Crippen molar-refractivity contribution in [3.8, 4) is 0 Å². The maximum Gasteiger partial charge on any atom is 0.338 e. The molecule has 0 aromatic heterocycles. The highest BCUT2D eigenvalue weighted by Crippen LogP contribution is 2.16. The third kappa shape index (κ3) is 3.09. The molecule has 16 heavy (non-hydrogen) atoms. The Hall–Kier alpha value is -1.31. The van der Waals surface area contributed by atoms with Crippen molar-refractivity contribution in [2.45, 2.75) is 33.6 Å². The van der Waals surface area contributed by atoms with Crippen LogP contribution in [0.4, 0.5) is 0 Å². The Labute approximate surface area is 97.6 Å². The number of hydrogen-bond acceptors (Lipinski definition) is 2. The molecule has 0 heterocycles. The molecule has 1 rings (SSSR count). The first-order valence-electron chi connectivity index (χ1n) is 5.76. The highest BCUT2D eigenvalue weighted by atomic mass is 16.5. The zero-order valence-electron chi connectivity index (χ0n) is 10.5. The van der Waals surface area contributed by atoms with E-state index in [4.69, 9.17) is 4.74 Å². The number of ether oxygens (including phenoxy) is 1. The van der Waals surface area contributed by atoms with E-state index in [1.807, 2.05) is 19.1 Å². The van der Waals surface area contributed by atoms with E-state index in [1.165, 1.54) is 12.7 Å². The molecular weight excluding hydrogens is 200 g/mol. The molecule has 0 radical (unpaired) electrons. The molecule has 1 atom stereocenters. The van der Waals surface area contributed by atoms with Crippen LogP contribution in [0.1, 0.15) is 41.8 Å². The number of esters is 1. The molecule has 88 valence electrons. The van der Waals surface area contributed by atoms with Crippen LogP contribution in [-0.4, -0.2) is 13.1 Å². The molecule has 0 bridgehead atoms. The molecule has 1 unspecified atom stereocenters. The Morgan fingerprint density at radius 3 is 2.69 bits per heavy atom. The quantitative estimate of drug-likeness (QED) is 0.727. The SMILES string of the molecule is CCC(C)Cc1ccc(C)c(C(=O)OC)c1. The highest BCUT2D eigenvalue weighted by molar-refractivity contribution is 5.91. The lowest BCUT2D eigenvalue weighted by atomic mass is 9.96. The average molecular weight is 220 g/mol. The Balaban J connectivity index is 2.93. The maximum absolute atomic E-state index is 11.5. The normalized spacial score (nSPS) is 12.2. The van der Waals surface area contributed by atoms with Crippen molar-refractivity contribution in [1.82, 2.24) is 0 Å². The number of benzene rings is 1. The predicted octanol–water partition coefficient (Wildman–Crippen LogP) is 3.37. The van der Waals surface area contributed by atoms with Crippen LogP contribution in [0.5, 0.6) is 0 Å². The highest BCUT2D eigenvalue weighted by Gasteiger charge is 2.10. The van der Waals surface area contributed by atoms with Gasteiger partial charge in [0.15, 0.2) is 0 Å². The Kier molecular flexibility index (Phi) is 4.53. The summed E-state index contributed by atoms with van der Waals surface area (Å²) < 4.78 is 4.76. The lowest BCUT2D eigenvalue weighted by molar-refractivity contribution is 0.0600. The van der Waals surface area contributed by atoms with Crippen molar-refractivity contribution in [1.29, 1.82) is 0 Å². The molecule has 0 fully saturated rings. The number of rotatable bonds is 4. The van der Waals surface area contributed by atoms with Crippen molar-refractivity contribution >= 4 is 5.97 Å². The molecular formula is C14H20O2. The van der Waals surface area contributed by atoms with Crippen molar-refractivity contribution in [3.05, 3.63) is 34.9 Å². The van der Waals surface area contributed by atoms with Gasteiger partial charge in [-0.15, -0.1) is 0 Å². The largest absolute Gasteiger partial charge is 0.465 e. The van der Waals surface area contributed by atoms with Crippen molar-refractivity contribution in [3.63, 3.8) is 0 Å². The lowest BCUT2D eigenvalue weighted by Gasteiger charge is -2.10. The van der Waals surface area contributed by atoms with Crippen LogP contribution in [0, 0.1) is 12.8 Å². The van der Waals surface area contributed by atoms with Gasteiger partial charge < -0.3 is 4.74 Å². The van der Waals surface area contributed by atoms with Crippen LogP contribution < -0.4 is 0 Å².